The third kappa shape index (κ3) is 2.40. The van der Waals surface area contributed by atoms with Gasteiger partial charge in [0.25, 0.3) is 0 Å². The van der Waals surface area contributed by atoms with E-state index < -0.39 is 0 Å². The molecule has 0 bridgehead atoms. The van der Waals surface area contributed by atoms with Gasteiger partial charge in [0, 0.05) is 12.0 Å². The average molecular weight is 231 g/mol. The topological polar surface area (TPSA) is 12.0 Å². The quantitative estimate of drug-likeness (QED) is 0.763. The van der Waals surface area contributed by atoms with E-state index in [4.69, 9.17) is 0 Å². The van der Waals surface area contributed by atoms with Crippen molar-refractivity contribution in [1.29, 1.82) is 0 Å². The van der Waals surface area contributed by atoms with Gasteiger partial charge in [-0.15, -0.1) is 0 Å². The van der Waals surface area contributed by atoms with Crippen molar-refractivity contribution < 1.29 is 0 Å². The molecule has 17 heavy (non-hydrogen) atoms. The van der Waals surface area contributed by atoms with Crippen LogP contribution in [0.5, 0.6) is 0 Å². The van der Waals surface area contributed by atoms with E-state index in [1.807, 2.05) is 0 Å². The first-order chi connectivity index (χ1) is 8.19. The first kappa shape index (κ1) is 12.6. The van der Waals surface area contributed by atoms with Crippen LogP contribution in [0.3, 0.4) is 0 Å². The Kier molecular flexibility index (Phi) is 3.88. The molecule has 0 amide bonds. The van der Waals surface area contributed by atoms with Gasteiger partial charge in [-0.2, -0.15) is 0 Å². The van der Waals surface area contributed by atoms with E-state index in [-0.39, 0.29) is 0 Å². The first-order valence-corrected chi connectivity index (χ1v) is 6.97. The Morgan fingerprint density at radius 1 is 1.41 bits per heavy atom. The summed E-state index contributed by atoms with van der Waals surface area (Å²) < 4.78 is 0. The molecular weight excluding hydrogens is 206 g/mol. The maximum atomic E-state index is 3.63. The van der Waals surface area contributed by atoms with Crippen molar-refractivity contribution in [2.24, 2.45) is 5.92 Å². The summed E-state index contributed by atoms with van der Waals surface area (Å²) in [6.07, 6.45) is 3.94. The Balaban J connectivity index is 2.17. The Morgan fingerprint density at radius 2 is 2.24 bits per heavy atom. The van der Waals surface area contributed by atoms with Gasteiger partial charge in [0.15, 0.2) is 0 Å². The molecule has 0 aliphatic heterocycles. The third-order valence-electron chi connectivity index (χ3n) is 4.43. The predicted octanol–water partition coefficient (Wildman–Crippen LogP) is 3.66. The molecule has 1 heteroatoms. The summed E-state index contributed by atoms with van der Waals surface area (Å²) in [6.45, 7) is 9.11. The van der Waals surface area contributed by atoms with Gasteiger partial charge in [-0.1, -0.05) is 43.7 Å². The van der Waals surface area contributed by atoms with Crippen molar-refractivity contribution in [2.75, 3.05) is 13.1 Å². The van der Waals surface area contributed by atoms with Crippen LogP contribution < -0.4 is 5.32 Å². The molecule has 1 aromatic carbocycles. The van der Waals surface area contributed by atoms with Crippen molar-refractivity contribution in [3.63, 3.8) is 0 Å². The Bertz CT molecular complexity index is 372. The number of hydrogen-bond acceptors (Lipinski definition) is 1. The van der Waals surface area contributed by atoms with Crippen molar-refractivity contribution in [3.05, 3.63) is 35.4 Å². The van der Waals surface area contributed by atoms with Crippen LogP contribution in [-0.2, 0) is 5.41 Å². The smallest absolute Gasteiger partial charge is 0.0103 e. The van der Waals surface area contributed by atoms with Crippen LogP contribution in [0.4, 0.5) is 0 Å². The van der Waals surface area contributed by atoms with Gasteiger partial charge in [-0.05, 0) is 44.2 Å². The number of hydrogen-bond donors (Lipinski definition) is 1. The minimum absolute atomic E-state index is 0.404. The summed E-state index contributed by atoms with van der Waals surface area (Å²) in [4.78, 5) is 0. The molecule has 2 atom stereocenters. The summed E-state index contributed by atoms with van der Waals surface area (Å²) in [5, 5.41) is 3.63. The fourth-order valence-corrected chi connectivity index (χ4v) is 3.02. The van der Waals surface area contributed by atoms with E-state index in [0.717, 1.165) is 19.0 Å². The number of rotatable bonds is 5. The van der Waals surface area contributed by atoms with E-state index in [9.17, 15) is 0 Å². The summed E-state index contributed by atoms with van der Waals surface area (Å²) >= 11 is 0. The molecular formula is C16H25N. The van der Waals surface area contributed by atoms with Crippen LogP contribution in [-0.4, -0.2) is 13.1 Å². The summed E-state index contributed by atoms with van der Waals surface area (Å²) in [5.74, 6) is 0.814. The number of nitrogens with one attached hydrogen (secondary N) is 1. The monoisotopic (exact) mass is 231 g/mol. The van der Waals surface area contributed by atoms with Gasteiger partial charge in [0.1, 0.15) is 0 Å². The molecule has 0 aromatic heterocycles. The lowest BCUT2D eigenvalue weighted by Crippen LogP contribution is -2.50. The normalized spacial score (nSPS) is 27.8. The van der Waals surface area contributed by atoms with Crippen LogP contribution >= 0.6 is 0 Å². The minimum atomic E-state index is 0.404. The molecule has 1 N–H and O–H groups in total. The summed E-state index contributed by atoms with van der Waals surface area (Å²) in [6, 6.07) is 9.09. The highest BCUT2D eigenvalue weighted by Gasteiger charge is 2.44. The van der Waals surface area contributed by atoms with Crippen molar-refractivity contribution in [1.82, 2.24) is 5.32 Å². The molecule has 1 aliphatic rings. The first-order valence-electron chi connectivity index (χ1n) is 6.97. The zero-order chi connectivity index (χ0) is 12.3. The predicted molar refractivity (Wildman–Crippen MR) is 74.4 cm³/mol. The number of benzene rings is 1. The standard InChI is InChI=1S/C16H25N/c1-4-10-17-12-16(9-8-14(16)3)15-7-5-6-13(2)11-15/h5-7,11,14,17H,4,8-10,12H2,1-3H3. The largest absolute Gasteiger partial charge is 0.316 e. The lowest BCUT2D eigenvalue weighted by molar-refractivity contribution is 0.134. The lowest BCUT2D eigenvalue weighted by atomic mass is 9.57. The van der Waals surface area contributed by atoms with E-state index in [1.165, 1.54) is 24.8 Å². The molecule has 0 saturated heterocycles. The molecule has 0 heterocycles. The van der Waals surface area contributed by atoms with Gasteiger partial charge < -0.3 is 5.32 Å². The summed E-state index contributed by atoms with van der Waals surface area (Å²) in [5.41, 5.74) is 3.33. The highest BCUT2D eigenvalue weighted by atomic mass is 14.9. The molecule has 2 rings (SSSR count). The second-order valence-electron chi connectivity index (χ2n) is 5.64. The average Bonchev–Trinajstić information content (AvgIpc) is 2.33. The maximum absolute atomic E-state index is 3.63. The maximum Gasteiger partial charge on any atom is 0.0103 e. The Hall–Kier alpha value is -0.820. The molecule has 94 valence electrons. The molecule has 1 saturated carbocycles. The van der Waals surface area contributed by atoms with Crippen LogP contribution in [0.15, 0.2) is 24.3 Å². The van der Waals surface area contributed by atoms with Crippen molar-refractivity contribution in [3.8, 4) is 0 Å². The van der Waals surface area contributed by atoms with Crippen LogP contribution in [0.1, 0.15) is 44.2 Å². The molecule has 1 fully saturated rings. The molecule has 2 unspecified atom stereocenters. The Labute approximate surface area is 106 Å². The van der Waals surface area contributed by atoms with E-state index in [1.54, 1.807) is 5.56 Å². The number of aryl methyl sites for hydroxylation is 1. The van der Waals surface area contributed by atoms with Gasteiger partial charge >= 0.3 is 0 Å². The second-order valence-corrected chi connectivity index (χ2v) is 5.64. The Morgan fingerprint density at radius 3 is 2.76 bits per heavy atom. The van der Waals surface area contributed by atoms with Gasteiger partial charge in [0.2, 0.25) is 0 Å². The molecule has 1 nitrogen and oxygen atoms in total. The highest BCUT2D eigenvalue weighted by Crippen LogP contribution is 2.48. The fraction of sp³-hybridized carbons (Fsp3) is 0.625. The van der Waals surface area contributed by atoms with Crippen molar-refractivity contribution >= 4 is 0 Å². The minimum Gasteiger partial charge on any atom is -0.316 e. The van der Waals surface area contributed by atoms with Crippen molar-refractivity contribution in [2.45, 2.75) is 45.4 Å². The highest BCUT2D eigenvalue weighted by molar-refractivity contribution is 5.33. The van der Waals surface area contributed by atoms with E-state index in [2.05, 4.69) is 50.4 Å². The van der Waals surface area contributed by atoms with E-state index >= 15 is 0 Å². The SMILES string of the molecule is CCCNCC1(c2cccc(C)c2)CCC1C. The third-order valence-corrected chi connectivity index (χ3v) is 4.43. The van der Waals surface area contributed by atoms with Gasteiger partial charge in [-0.25, -0.2) is 0 Å². The molecule has 1 aliphatic carbocycles. The second kappa shape index (κ2) is 5.22. The molecule has 0 radical (unpaired) electrons. The van der Waals surface area contributed by atoms with Crippen LogP contribution in [0, 0.1) is 12.8 Å². The van der Waals surface area contributed by atoms with Crippen LogP contribution in [0.2, 0.25) is 0 Å². The lowest BCUT2D eigenvalue weighted by Gasteiger charge is -2.49. The van der Waals surface area contributed by atoms with E-state index in [0.29, 0.717) is 5.41 Å². The fourth-order valence-electron chi connectivity index (χ4n) is 3.02. The molecule has 1 aromatic rings. The summed E-state index contributed by atoms with van der Waals surface area (Å²) in [7, 11) is 0. The zero-order valence-corrected chi connectivity index (χ0v) is 11.4. The van der Waals surface area contributed by atoms with Gasteiger partial charge in [-0.3, -0.25) is 0 Å². The molecule has 0 spiro atoms. The van der Waals surface area contributed by atoms with Crippen LogP contribution in [0.25, 0.3) is 0 Å². The zero-order valence-electron chi connectivity index (χ0n) is 11.4. The van der Waals surface area contributed by atoms with Gasteiger partial charge in [0.05, 0.1) is 0 Å².